The molecule has 2 N–H and O–H groups in total. The number of rotatable bonds is 6. The average molecular weight is 226 g/mol. The van der Waals surface area contributed by atoms with Crippen molar-refractivity contribution in [2.24, 2.45) is 0 Å². The maximum absolute atomic E-state index is 12.7. The Morgan fingerprint density at radius 2 is 2.31 bits per heavy atom. The second-order valence-corrected chi connectivity index (χ2v) is 3.19. The largest absolute Gasteiger partial charge is 0.492 e. The van der Waals surface area contributed by atoms with Gasteiger partial charge < -0.3 is 15.4 Å². The predicted octanol–water partition coefficient (Wildman–Crippen LogP) is 0.540. The highest BCUT2D eigenvalue weighted by atomic mass is 19.1. The van der Waals surface area contributed by atoms with Crippen molar-refractivity contribution in [1.82, 2.24) is 10.6 Å². The quantitative estimate of drug-likeness (QED) is 0.696. The molecule has 4 nitrogen and oxygen atoms in total. The third-order valence-electron chi connectivity index (χ3n) is 1.83. The number of halogens is 1. The van der Waals surface area contributed by atoms with Gasteiger partial charge in [0.15, 0.2) is 0 Å². The molecule has 0 spiro atoms. The van der Waals surface area contributed by atoms with Gasteiger partial charge in [-0.15, -0.1) is 0 Å². The van der Waals surface area contributed by atoms with E-state index in [0.717, 1.165) is 0 Å². The van der Waals surface area contributed by atoms with E-state index in [2.05, 4.69) is 10.6 Å². The molecule has 1 rings (SSSR count). The fourth-order valence-corrected chi connectivity index (χ4v) is 1.14. The Morgan fingerprint density at radius 1 is 1.50 bits per heavy atom. The van der Waals surface area contributed by atoms with Crippen LogP contribution in [0.3, 0.4) is 0 Å². The van der Waals surface area contributed by atoms with Crippen LogP contribution in [0.4, 0.5) is 4.39 Å². The fraction of sp³-hybridized carbons (Fsp3) is 0.364. The zero-order chi connectivity index (χ0) is 11.8. The number of likely N-dealkylation sites (N-methyl/N-ethyl adjacent to an activating group) is 1. The van der Waals surface area contributed by atoms with Gasteiger partial charge in [0.05, 0.1) is 13.1 Å². The van der Waals surface area contributed by atoms with Crippen LogP contribution in [-0.4, -0.2) is 32.7 Å². The van der Waals surface area contributed by atoms with E-state index in [9.17, 15) is 9.18 Å². The summed E-state index contributed by atoms with van der Waals surface area (Å²) in [6, 6.07) is 5.89. The van der Waals surface area contributed by atoms with Crippen LogP contribution in [-0.2, 0) is 4.79 Å². The first-order chi connectivity index (χ1) is 7.72. The van der Waals surface area contributed by atoms with Gasteiger partial charge in [-0.1, -0.05) is 6.07 Å². The molecular weight excluding hydrogens is 211 g/mol. The number of hydrogen-bond donors (Lipinski definition) is 2. The molecule has 0 radical (unpaired) electrons. The first-order valence-corrected chi connectivity index (χ1v) is 5.02. The van der Waals surface area contributed by atoms with Crippen LogP contribution in [0.5, 0.6) is 5.75 Å². The Bertz CT molecular complexity index is 345. The first-order valence-electron chi connectivity index (χ1n) is 5.02. The lowest BCUT2D eigenvalue weighted by Gasteiger charge is -2.07. The summed E-state index contributed by atoms with van der Waals surface area (Å²) in [7, 11) is 1.70. The van der Waals surface area contributed by atoms with Gasteiger partial charge in [0.1, 0.15) is 18.2 Å². The van der Waals surface area contributed by atoms with Crippen molar-refractivity contribution in [3.63, 3.8) is 0 Å². The van der Waals surface area contributed by atoms with Crippen molar-refractivity contribution in [3.05, 3.63) is 30.1 Å². The molecule has 0 fully saturated rings. The summed E-state index contributed by atoms with van der Waals surface area (Å²) in [6.45, 7) is 0.996. The van der Waals surface area contributed by atoms with Gasteiger partial charge in [0.25, 0.3) is 0 Å². The van der Waals surface area contributed by atoms with Crippen LogP contribution in [0, 0.1) is 5.82 Å². The minimum atomic E-state index is -0.336. The highest BCUT2D eigenvalue weighted by Crippen LogP contribution is 2.11. The van der Waals surface area contributed by atoms with E-state index >= 15 is 0 Å². The average Bonchev–Trinajstić information content (AvgIpc) is 2.25. The predicted molar refractivity (Wildman–Crippen MR) is 58.8 cm³/mol. The third kappa shape index (κ3) is 4.75. The zero-order valence-corrected chi connectivity index (χ0v) is 9.13. The molecule has 0 aromatic heterocycles. The van der Waals surface area contributed by atoms with Crippen molar-refractivity contribution in [3.8, 4) is 5.75 Å². The molecule has 0 aliphatic rings. The van der Waals surface area contributed by atoms with Crippen LogP contribution < -0.4 is 15.4 Å². The van der Waals surface area contributed by atoms with Crippen molar-refractivity contribution >= 4 is 5.91 Å². The van der Waals surface area contributed by atoms with Crippen LogP contribution in [0.25, 0.3) is 0 Å². The molecular formula is C11H15FN2O2. The van der Waals surface area contributed by atoms with Gasteiger partial charge in [-0.3, -0.25) is 4.79 Å². The molecule has 1 amide bonds. The van der Waals surface area contributed by atoms with Gasteiger partial charge >= 0.3 is 0 Å². The number of hydrogen-bond acceptors (Lipinski definition) is 3. The maximum Gasteiger partial charge on any atom is 0.234 e. The Labute approximate surface area is 93.8 Å². The van der Waals surface area contributed by atoms with Crippen molar-refractivity contribution < 1.29 is 13.9 Å². The molecule has 0 bridgehead atoms. The molecule has 0 aliphatic heterocycles. The number of carbonyl (C=O) groups is 1. The lowest BCUT2D eigenvalue weighted by Crippen LogP contribution is -2.34. The van der Waals surface area contributed by atoms with Crippen LogP contribution in [0.2, 0.25) is 0 Å². The Hall–Kier alpha value is -1.62. The molecule has 88 valence electrons. The molecule has 0 heterocycles. The number of benzene rings is 1. The third-order valence-corrected chi connectivity index (χ3v) is 1.83. The van der Waals surface area contributed by atoms with Crippen LogP contribution in [0.1, 0.15) is 0 Å². The summed E-state index contributed by atoms with van der Waals surface area (Å²) in [6.07, 6.45) is 0. The zero-order valence-electron chi connectivity index (χ0n) is 9.13. The van der Waals surface area contributed by atoms with Gasteiger partial charge in [-0.25, -0.2) is 4.39 Å². The minimum absolute atomic E-state index is 0.0923. The molecule has 0 saturated heterocycles. The van der Waals surface area contributed by atoms with Crippen molar-refractivity contribution in [2.45, 2.75) is 0 Å². The summed E-state index contributed by atoms with van der Waals surface area (Å²) in [5, 5.41) is 5.38. The van der Waals surface area contributed by atoms with E-state index in [1.165, 1.54) is 12.1 Å². The van der Waals surface area contributed by atoms with E-state index in [0.29, 0.717) is 18.9 Å². The lowest BCUT2D eigenvalue weighted by molar-refractivity contribution is -0.120. The van der Waals surface area contributed by atoms with Gasteiger partial charge in [0, 0.05) is 6.07 Å². The smallest absolute Gasteiger partial charge is 0.234 e. The van der Waals surface area contributed by atoms with E-state index < -0.39 is 0 Å². The van der Waals surface area contributed by atoms with E-state index in [1.807, 2.05) is 0 Å². The summed E-state index contributed by atoms with van der Waals surface area (Å²) in [4.78, 5) is 11.0. The number of ether oxygens (including phenoxy) is 1. The van der Waals surface area contributed by atoms with E-state index in [1.54, 1.807) is 19.2 Å². The highest BCUT2D eigenvalue weighted by Gasteiger charge is 1.98. The standard InChI is InChI=1S/C11H15FN2O2/c1-13-8-11(15)14-5-6-16-10-4-2-3-9(12)7-10/h2-4,7,13H,5-6,8H2,1H3,(H,14,15). The molecule has 1 aromatic rings. The Kier molecular flexibility index (Phi) is 5.28. The van der Waals surface area contributed by atoms with Crippen LogP contribution in [0.15, 0.2) is 24.3 Å². The fourth-order valence-electron chi connectivity index (χ4n) is 1.14. The van der Waals surface area contributed by atoms with Gasteiger partial charge in [0.2, 0.25) is 5.91 Å². The minimum Gasteiger partial charge on any atom is -0.492 e. The number of carbonyl (C=O) groups excluding carboxylic acids is 1. The summed E-state index contributed by atoms with van der Waals surface area (Å²) in [5.74, 6) is 0.0323. The SMILES string of the molecule is CNCC(=O)NCCOc1cccc(F)c1. The summed E-state index contributed by atoms with van der Waals surface area (Å²) < 4.78 is 18.0. The van der Waals surface area contributed by atoms with E-state index in [-0.39, 0.29) is 18.3 Å². The monoisotopic (exact) mass is 226 g/mol. The molecule has 16 heavy (non-hydrogen) atoms. The van der Waals surface area contributed by atoms with E-state index in [4.69, 9.17) is 4.74 Å². The molecule has 5 heteroatoms. The first kappa shape index (κ1) is 12.4. The molecule has 0 atom stereocenters. The highest BCUT2D eigenvalue weighted by molar-refractivity contribution is 5.77. The molecule has 1 aromatic carbocycles. The van der Waals surface area contributed by atoms with Gasteiger partial charge in [-0.2, -0.15) is 0 Å². The van der Waals surface area contributed by atoms with Gasteiger partial charge in [-0.05, 0) is 19.2 Å². The Balaban J connectivity index is 2.18. The summed E-state index contributed by atoms with van der Waals surface area (Å²) in [5.41, 5.74) is 0. The molecule has 0 aliphatic carbocycles. The second kappa shape index (κ2) is 6.79. The second-order valence-electron chi connectivity index (χ2n) is 3.19. The van der Waals surface area contributed by atoms with Crippen molar-refractivity contribution in [2.75, 3.05) is 26.7 Å². The van der Waals surface area contributed by atoms with Crippen molar-refractivity contribution in [1.29, 1.82) is 0 Å². The molecule has 0 unspecified atom stereocenters. The molecule has 0 saturated carbocycles. The number of nitrogens with one attached hydrogen (secondary N) is 2. The maximum atomic E-state index is 12.7. The lowest BCUT2D eigenvalue weighted by atomic mass is 10.3. The Morgan fingerprint density at radius 3 is 3.00 bits per heavy atom. The summed E-state index contributed by atoms with van der Waals surface area (Å²) >= 11 is 0. The number of amides is 1. The normalized spacial score (nSPS) is 9.88. The van der Waals surface area contributed by atoms with Crippen LogP contribution >= 0.6 is 0 Å². The topological polar surface area (TPSA) is 50.4 Å².